The minimum absolute atomic E-state index is 0.286. The molecule has 0 spiro atoms. The van der Waals surface area contributed by atoms with E-state index in [0.29, 0.717) is 30.4 Å². The Hall–Kier alpha value is -2.83. The van der Waals surface area contributed by atoms with Gasteiger partial charge < -0.3 is 19.7 Å². The molecule has 136 valence electrons. The first-order valence-electron chi connectivity index (χ1n) is 8.99. The molecule has 7 nitrogen and oxygen atoms in total. The van der Waals surface area contributed by atoms with Crippen molar-refractivity contribution in [2.45, 2.75) is 19.8 Å². The lowest BCUT2D eigenvalue weighted by molar-refractivity contribution is 0.102. The fraction of sp³-hybridized carbons (Fsp3) is 0.421. The van der Waals surface area contributed by atoms with Crippen molar-refractivity contribution in [1.29, 1.82) is 0 Å². The van der Waals surface area contributed by atoms with Crippen LogP contribution in [-0.2, 0) is 0 Å². The van der Waals surface area contributed by atoms with Crippen LogP contribution in [0.25, 0.3) is 0 Å². The zero-order valence-electron chi connectivity index (χ0n) is 14.8. The van der Waals surface area contributed by atoms with E-state index in [2.05, 4.69) is 27.3 Å². The first-order chi connectivity index (χ1) is 12.7. The molecule has 0 unspecified atom stereocenters. The number of nitrogens with zero attached hydrogens (tertiary/aromatic N) is 3. The highest BCUT2D eigenvalue weighted by molar-refractivity contribution is 6.03. The minimum Gasteiger partial charge on any atom is -0.486 e. The van der Waals surface area contributed by atoms with Gasteiger partial charge in [-0.25, -0.2) is 0 Å². The molecular formula is C19H22N4O3. The Labute approximate surface area is 152 Å². The van der Waals surface area contributed by atoms with Gasteiger partial charge in [0.1, 0.15) is 13.2 Å². The Kier molecular flexibility index (Phi) is 4.60. The van der Waals surface area contributed by atoms with Crippen LogP contribution in [0.5, 0.6) is 11.5 Å². The number of carbonyl (C=O) groups is 1. The van der Waals surface area contributed by atoms with Crippen LogP contribution in [-0.4, -0.2) is 42.4 Å². The molecule has 26 heavy (non-hydrogen) atoms. The lowest BCUT2D eigenvalue weighted by atomic mass is 9.99. The van der Waals surface area contributed by atoms with E-state index in [-0.39, 0.29) is 11.6 Å². The highest BCUT2D eigenvalue weighted by Gasteiger charge is 2.18. The summed E-state index contributed by atoms with van der Waals surface area (Å²) in [6.07, 6.45) is 2.32. The van der Waals surface area contributed by atoms with Crippen molar-refractivity contribution in [2.24, 2.45) is 5.92 Å². The number of nitrogens with one attached hydrogen (secondary N) is 1. The van der Waals surface area contributed by atoms with Gasteiger partial charge in [-0.05, 0) is 43.0 Å². The number of carbonyl (C=O) groups excluding carboxylic acids is 1. The summed E-state index contributed by atoms with van der Waals surface area (Å²) in [7, 11) is 0. The van der Waals surface area contributed by atoms with Gasteiger partial charge >= 0.3 is 0 Å². The Morgan fingerprint density at radius 2 is 1.85 bits per heavy atom. The van der Waals surface area contributed by atoms with Crippen LogP contribution >= 0.6 is 0 Å². The summed E-state index contributed by atoms with van der Waals surface area (Å²) in [4.78, 5) is 14.6. The van der Waals surface area contributed by atoms with Crippen molar-refractivity contribution in [3.05, 3.63) is 36.0 Å². The molecule has 0 radical (unpaired) electrons. The third-order valence-electron chi connectivity index (χ3n) is 4.79. The average Bonchev–Trinajstić information content (AvgIpc) is 2.68. The summed E-state index contributed by atoms with van der Waals surface area (Å²) >= 11 is 0. The fourth-order valence-electron chi connectivity index (χ4n) is 3.17. The minimum atomic E-state index is -0.298. The average molecular weight is 354 g/mol. The lowest BCUT2D eigenvalue weighted by Crippen LogP contribution is -2.33. The van der Waals surface area contributed by atoms with E-state index in [4.69, 9.17) is 9.47 Å². The van der Waals surface area contributed by atoms with Gasteiger partial charge in [0.15, 0.2) is 23.0 Å². The number of piperidine rings is 1. The maximum Gasteiger partial charge on any atom is 0.276 e. The number of ether oxygens (including phenoxy) is 2. The van der Waals surface area contributed by atoms with E-state index in [0.717, 1.165) is 37.7 Å². The SMILES string of the molecule is CC1CCN(c2ccc(C(=O)Nc3ccc4c(c3)OCCO4)nn2)CC1. The number of fused-ring (bicyclic) bond motifs is 1. The van der Waals surface area contributed by atoms with Crippen molar-refractivity contribution < 1.29 is 14.3 Å². The molecule has 0 bridgehead atoms. The zero-order valence-corrected chi connectivity index (χ0v) is 14.8. The first-order valence-corrected chi connectivity index (χ1v) is 8.99. The monoisotopic (exact) mass is 354 g/mol. The fourth-order valence-corrected chi connectivity index (χ4v) is 3.17. The van der Waals surface area contributed by atoms with E-state index >= 15 is 0 Å². The van der Waals surface area contributed by atoms with Crippen LogP contribution in [0.1, 0.15) is 30.3 Å². The third-order valence-corrected chi connectivity index (χ3v) is 4.79. The largest absolute Gasteiger partial charge is 0.486 e. The van der Waals surface area contributed by atoms with Crippen LogP contribution in [0.15, 0.2) is 30.3 Å². The van der Waals surface area contributed by atoms with Gasteiger partial charge in [0.25, 0.3) is 5.91 Å². The molecule has 1 fully saturated rings. The van der Waals surface area contributed by atoms with E-state index < -0.39 is 0 Å². The van der Waals surface area contributed by atoms with Crippen molar-refractivity contribution in [2.75, 3.05) is 36.5 Å². The lowest BCUT2D eigenvalue weighted by Gasteiger charge is -2.30. The molecule has 0 atom stereocenters. The quantitative estimate of drug-likeness (QED) is 0.913. The third kappa shape index (κ3) is 3.56. The van der Waals surface area contributed by atoms with Gasteiger partial charge in [0, 0.05) is 24.8 Å². The van der Waals surface area contributed by atoms with Crippen molar-refractivity contribution in [3.63, 3.8) is 0 Å². The molecule has 3 heterocycles. The van der Waals surface area contributed by atoms with Gasteiger partial charge in [0.2, 0.25) is 0 Å². The summed E-state index contributed by atoms with van der Waals surface area (Å²) in [5.41, 5.74) is 0.921. The topological polar surface area (TPSA) is 76.6 Å². The summed E-state index contributed by atoms with van der Waals surface area (Å²) in [6, 6.07) is 8.90. The first kappa shape index (κ1) is 16.6. The summed E-state index contributed by atoms with van der Waals surface area (Å²) in [5.74, 6) is 2.61. The second-order valence-electron chi connectivity index (χ2n) is 6.76. The van der Waals surface area contributed by atoms with E-state index in [9.17, 15) is 4.79 Å². The van der Waals surface area contributed by atoms with E-state index in [1.807, 2.05) is 6.07 Å². The van der Waals surface area contributed by atoms with Crippen molar-refractivity contribution in [1.82, 2.24) is 10.2 Å². The molecule has 7 heteroatoms. The normalized spacial score (nSPS) is 17.0. The molecular weight excluding hydrogens is 332 g/mol. The molecule has 1 N–H and O–H groups in total. The van der Waals surface area contributed by atoms with Crippen LogP contribution in [0.4, 0.5) is 11.5 Å². The summed E-state index contributed by atoms with van der Waals surface area (Å²) in [5, 5.41) is 11.2. The molecule has 0 saturated carbocycles. The predicted molar refractivity (Wildman–Crippen MR) is 98.0 cm³/mol. The molecule has 2 aliphatic rings. The maximum atomic E-state index is 12.4. The van der Waals surface area contributed by atoms with Gasteiger partial charge in [0.05, 0.1) is 0 Å². The highest BCUT2D eigenvalue weighted by atomic mass is 16.6. The standard InChI is InChI=1S/C19H22N4O3/c1-13-6-8-23(9-7-13)18-5-3-15(21-22-18)19(24)20-14-2-4-16-17(12-14)26-11-10-25-16/h2-5,12-13H,6-11H2,1H3,(H,20,24). The predicted octanol–water partition coefficient (Wildman–Crippen LogP) is 2.74. The van der Waals surface area contributed by atoms with E-state index in [1.165, 1.54) is 0 Å². The maximum absolute atomic E-state index is 12.4. The van der Waals surface area contributed by atoms with Crippen molar-refractivity contribution in [3.8, 4) is 11.5 Å². The smallest absolute Gasteiger partial charge is 0.276 e. The molecule has 2 aromatic rings. The molecule has 1 aromatic heterocycles. The van der Waals surface area contributed by atoms with E-state index in [1.54, 1.807) is 24.3 Å². The number of benzene rings is 1. The van der Waals surface area contributed by atoms with Crippen LogP contribution in [0.2, 0.25) is 0 Å². The van der Waals surface area contributed by atoms with Crippen LogP contribution < -0.4 is 19.7 Å². The number of hydrogen-bond donors (Lipinski definition) is 1. The van der Waals surface area contributed by atoms with Crippen molar-refractivity contribution >= 4 is 17.4 Å². The summed E-state index contributed by atoms with van der Waals surface area (Å²) < 4.78 is 11.0. The van der Waals surface area contributed by atoms with Gasteiger partial charge in [-0.3, -0.25) is 4.79 Å². The Balaban J connectivity index is 1.42. The molecule has 2 aliphatic heterocycles. The molecule has 1 amide bonds. The highest BCUT2D eigenvalue weighted by Crippen LogP contribution is 2.32. The van der Waals surface area contributed by atoms with Gasteiger partial charge in [-0.1, -0.05) is 6.92 Å². The molecule has 1 saturated heterocycles. The Bertz CT molecular complexity index is 786. The second-order valence-corrected chi connectivity index (χ2v) is 6.76. The Morgan fingerprint density at radius 3 is 2.58 bits per heavy atom. The molecule has 4 rings (SSSR count). The number of anilines is 2. The number of rotatable bonds is 3. The van der Waals surface area contributed by atoms with Crippen LogP contribution in [0, 0.1) is 5.92 Å². The Morgan fingerprint density at radius 1 is 1.08 bits per heavy atom. The van der Waals surface area contributed by atoms with Gasteiger partial charge in [-0.15, -0.1) is 10.2 Å². The summed E-state index contributed by atoms with van der Waals surface area (Å²) in [6.45, 7) is 5.29. The number of amides is 1. The number of aromatic nitrogens is 2. The van der Waals surface area contributed by atoms with Crippen LogP contribution in [0.3, 0.4) is 0 Å². The van der Waals surface area contributed by atoms with Gasteiger partial charge in [-0.2, -0.15) is 0 Å². The molecule has 1 aromatic carbocycles. The number of hydrogen-bond acceptors (Lipinski definition) is 6. The zero-order chi connectivity index (χ0) is 17.9. The second kappa shape index (κ2) is 7.19. The molecule has 0 aliphatic carbocycles.